The molecule has 0 amide bonds. The van der Waals surface area contributed by atoms with E-state index in [0.717, 1.165) is 55.3 Å². The van der Waals surface area contributed by atoms with Gasteiger partial charge in [-0.15, -0.1) is 0 Å². The van der Waals surface area contributed by atoms with Crippen LogP contribution in [0.15, 0.2) is 245 Å². The Balaban J connectivity index is 1.02. The average Bonchev–Trinajstić information content (AvgIpc) is 4.05. The molecular weight excluding hydrogens is 831 g/mol. The summed E-state index contributed by atoms with van der Waals surface area (Å²) < 4.78 is 69.1. The summed E-state index contributed by atoms with van der Waals surface area (Å²) in [7, 11) is 0. The van der Waals surface area contributed by atoms with Gasteiger partial charge in [0.25, 0.3) is 0 Å². The highest BCUT2D eigenvalue weighted by Crippen LogP contribution is 2.41. The van der Waals surface area contributed by atoms with Gasteiger partial charge in [-0.05, 0) is 116 Å². The summed E-state index contributed by atoms with van der Waals surface area (Å²) >= 11 is 0. The molecule has 0 aliphatic carbocycles. The number of para-hydroxylation sites is 1. The van der Waals surface area contributed by atoms with Gasteiger partial charge in [-0.25, -0.2) is 15.0 Å². The number of fused-ring (bicyclic) bond motifs is 6. The summed E-state index contributed by atoms with van der Waals surface area (Å²) in [5.41, 5.74) is 11.1. The predicted octanol–water partition coefficient (Wildman–Crippen LogP) is 17.0. The van der Waals surface area contributed by atoms with Crippen molar-refractivity contribution in [2.24, 2.45) is 0 Å². The summed E-state index contributed by atoms with van der Waals surface area (Å²) in [5, 5.41) is 2.05. The normalized spacial score (nSPS) is 12.8. The van der Waals surface area contributed by atoms with Crippen LogP contribution in [-0.4, -0.2) is 15.0 Å². The van der Waals surface area contributed by atoms with Crippen molar-refractivity contribution < 1.29 is 17.1 Å². The fourth-order valence-electron chi connectivity index (χ4n) is 9.08. The molecule has 0 fully saturated rings. The lowest BCUT2D eigenvalue weighted by Gasteiger charge is -2.13. The molecule has 0 unspecified atom stereocenters. The lowest BCUT2D eigenvalue weighted by molar-refractivity contribution is 0.668. The minimum Gasteiger partial charge on any atom is -0.456 e. The van der Waals surface area contributed by atoms with Crippen LogP contribution in [0.5, 0.6) is 0 Å². The molecule has 0 saturated carbocycles. The van der Waals surface area contributed by atoms with Gasteiger partial charge in [0, 0.05) is 38.2 Å². The third-order valence-electron chi connectivity index (χ3n) is 12.5. The molecule has 5 heteroatoms. The molecule has 318 valence electrons. The Hall–Kier alpha value is -9.19. The van der Waals surface area contributed by atoms with Crippen LogP contribution in [0.2, 0.25) is 0 Å². The number of furan rings is 2. The zero-order valence-electron chi connectivity index (χ0n) is 42.2. The van der Waals surface area contributed by atoms with Gasteiger partial charge in [0.2, 0.25) is 0 Å². The molecule has 0 bridgehead atoms. The molecule has 0 aliphatic rings. The van der Waals surface area contributed by atoms with Crippen molar-refractivity contribution in [1.29, 1.82) is 0 Å². The van der Waals surface area contributed by atoms with E-state index in [-0.39, 0.29) is 86.8 Å². The summed E-state index contributed by atoms with van der Waals surface area (Å²) in [6.07, 6.45) is 0. The third-order valence-corrected chi connectivity index (χ3v) is 12.5. The number of rotatable bonds is 8. The number of hydrogen-bond donors (Lipinski definition) is 0. The van der Waals surface area contributed by atoms with Crippen molar-refractivity contribution in [3.8, 4) is 89.8 Å². The monoisotopic (exact) mass is 875 g/mol. The molecule has 5 nitrogen and oxygen atoms in total. The van der Waals surface area contributed by atoms with Gasteiger partial charge < -0.3 is 8.83 Å². The third kappa shape index (κ3) is 7.11. The lowest BCUT2D eigenvalue weighted by Crippen LogP contribution is -2.00. The zero-order chi connectivity index (χ0) is 50.2. The fourth-order valence-corrected chi connectivity index (χ4v) is 9.08. The first-order chi connectivity index (χ1) is 36.2. The van der Waals surface area contributed by atoms with E-state index < -0.39 is 0 Å². The second-order valence-corrected chi connectivity index (χ2v) is 16.7. The molecule has 0 N–H and O–H groups in total. The predicted molar refractivity (Wildman–Crippen MR) is 278 cm³/mol. The van der Waals surface area contributed by atoms with Crippen LogP contribution < -0.4 is 0 Å². The molecule has 0 radical (unpaired) electrons. The minimum atomic E-state index is -0.380. The molecule has 13 rings (SSSR count). The van der Waals surface area contributed by atoms with Crippen LogP contribution in [0.3, 0.4) is 0 Å². The van der Waals surface area contributed by atoms with E-state index in [1.54, 1.807) is 6.07 Å². The van der Waals surface area contributed by atoms with Gasteiger partial charge >= 0.3 is 0 Å². The summed E-state index contributed by atoms with van der Waals surface area (Å²) in [6, 6.07) is 64.0. The highest BCUT2D eigenvalue weighted by atomic mass is 16.3. The molecule has 68 heavy (non-hydrogen) atoms. The van der Waals surface area contributed by atoms with Gasteiger partial charge in [-0.1, -0.05) is 176 Å². The molecule has 0 atom stereocenters. The second-order valence-electron chi connectivity index (χ2n) is 16.7. The maximum absolute atomic E-state index is 9.85. The first-order valence-corrected chi connectivity index (χ1v) is 22.3. The van der Waals surface area contributed by atoms with Crippen molar-refractivity contribution in [2.75, 3.05) is 0 Å². The molecular formula is C63H39N3O2. The molecule has 3 heterocycles. The number of hydrogen-bond acceptors (Lipinski definition) is 5. The van der Waals surface area contributed by atoms with Crippen LogP contribution in [0.25, 0.3) is 134 Å². The second kappa shape index (κ2) is 16.4. The Labute approximate surface area is 400 Å². The molecule has 10 aromatic carbocycles. The first-order valence-electron chi connectivity index (χ1n) is 25.3. The molecule has 0 saturated heterocycles. The van der Waals surface area contributed by atoms with E-state index in [1.165, 1.54) is 0 Å². The van der Waals surface area contributed by atoms with E-state index in [1.807, 2.05) is 158 Å². The highest BCUT2D eigenvalue weighted by Gasteiger charge is 2.19. The SMILES string of the molecule is [2H]c1c([2H])c(-c2ccc3c(c2)oc2ccccc23)c2c(oc3c([2H])c(-c4nc(-c5ccc(-c6cccc(-c7ccccc7)c6)cc5)nc(-c5cc(-c6ccccc6)cc(-c6ccccc6)c5)n4)c([2H])c([2H])c32)c1[2H]. The van der Waals surface area contributed by atoms with Crippen LogP contribution >= 0.6 is 0 Å². The zero-order valence-corrected chi connectivity index (χ0v) is 36.2. The molecule has 0 spiro atoms. The van der Waals surface area contributed by atoms with Crippen molar-refractivity contribution in [1.82, 2.24) is 15.0 Å². The van der Waals surface area contributed by atoms with Crippen molar-refractivity contribution in [3.05, 3.63) is 236 Å². The van der Waals surface area contributed by atoms with Gasteiger partial charge in [-0.3, -0.25) is 0 Å². The van der Waals surface area contributed by atoms with Crippen LogP contribution in [-0.2, 0) is 0 Å². The van der Waals surface area contributed by atoms with Gasteiger partial charge in [-0.2, -0.15) is 0 Å². The Morgan fingerprint density at radius 2 is 0.794 bits per heavy atom. The highest BCUT2D eigenvalue weighted by molar-refractivity contribution is 6.14. The van der Waals surface area contributed by atoms with Gasteiger partial charge in [0.1, 0.15) is 22.3 Å². The maximum atomic E-state index is 9.85. The molecule has 13 aromatic rings. The number of benzene rings is 10. The quantitative estimate of drug-likeness (QED) is 0.152. The van der Waals surface area contributed by atoms with Crippen LogP contribution in [0.4, 0.5) is 0 Å². The van der Waals surface area contributed by atoms with Crippen LogP contribution in [0.1, 0.15) is 8.22 Å². The first kappa shape index (κ1) is 33.3. The average molecular weight is 876 g/mol. The van der Waals surface area contributed by atoms with Gasteiger partial charge in [0.15, 0.2) is 17.5 Å². The topological polar surface area (TPSA) is 65.0 Å². The fraction of sp³-hybridized carbons (Fsp3) is 0. The van der Waals surface area contributed by atoms with E-state index in [2.05, 4.69) is 36.4 Å². The summed E-state index contributed by atoms with van der Waals surface area (Å²) in [4.78, 5) is 15.2. The summed E-state index contributed by atoms with van der Waals surface area (Å²) in [5.74, 6) is 0.542. The van der Waals surface area contributed by atoms with E-state index in [4.69, 9.17) is 26.5 Å². The number of nitrogens with zero attached hydrogens (tertiary/aromatic N) is 3. The lowest BCUT2D eigenvalue weighted by atomic mass is 9.95. The smallest absolute Gasteiger partial charge is 0.164 e. The van der Waals surface area contributed by atoms with Crippen molar-refractivity contribution in [2.45, 2.75) is 0 Å². The number of aromatic nitrogens is 3. The Morgan fingerprint density at radius 1 is 0.294 bits per heavy atom. The van der Waals surface area contributed by atoms with Crippen molar-refractivity contribution in [3.63, 3.8) is 0 Å². The minimum absolute atomic E-state index is 0.0223. The summed E-state index contributed by atoms with van der Waals surface area (Å²) in [6.45, 7) is 0. The Morgan fingerprint density at radius 3 is 1.49 bits per heavy atom. The largest absolute Gasteiger partial charge is 0.456 e. The Kier molecular flexibility index (Phi) is 8.01. The van der Waals surface area contributed by atoms with Crippen LogP contribution in [0, 0.1) is 0 Å². The van der Waals surface area contributed by atoms with E-state index >= 15 is 0 Å². The van der Waals surface area contributed by atoms with Gasteiger partial charge in [0.05, 0.1) is 8.22 Å². The Bertz CT molecular complexity index is 4310. The molecule has 3 aromatic heterocycles. The van der Waals surface area contributed by atoms with E-state index in [0.29, 0.717) is 27.9 Å². The standard InChI is InChI=1S/C63H39N3O2/c1-4-14-40(15-5-1)45-20-12-21-46(34-45)43-26-28-44(29-27-43)61-64-62(66-63(65-61)51-36-49(41-16-6-2-7-17-41)35-50(37-51)42-18-8-3-9-19-42)48-31-33-55-59(39-48)68-57-25-13-23-52(60(55)57)47-30-32-54-53-22-10-11-24-56(53)67-58(54)38-47/h1-39H/i13D,23D,25D,31D,33D,39D. The maximum Gasteiger partial charge on any atom is 0.164 e. The molecule has 0 aliphatic heterocycles. The van der Waals surface area contributed by atoms with Crippen molar-refractivity contribution >= 4 is 43.9 Å². The van der Waals surface area contributed by atoms with E-state index in [9.17, 15) is 5.48 Å².